The average molecular weight is 454 g/mol. The van der Waals surface area contributed by atoms with Crippen LogP contribution in [0.2, 0.25) is 5.02 Å². The molecule has 156 valence electrons. The second kappa shape index (κ2) is 8.31. The van der Waals surface area contributed by atoms with Crippen LogP contribution in [0.4, 0.5) is 13.2 Å². The van der Waals surface area contributed by atoms with Crippen LogP contribution in [0.15, 0.2) is 39.0 Å². The van der Waals surface area contributed by atoms with Gasteiger partial charge in [-0.1, -0.05) is 23.2 Å². The lowest BCUT2D eigenvalue weighted by Gasteiger charge is -2.15. The van der Waals surface area contributed by atoms with Crippen molar-refractivity contribution in [2.45, 2.75) is 6.18 Å². The Labute approximate surface area is 170 Å². The van der Waals surface area contributed by atoms with Gasteiger partial charge in [0.05, 0.1) is 12.8 Å². The number of hydrogen-bond donors (Lipinski definition) is 2. The molecule has 0 unspecified atom stereocenters. The van der Waals surface area contributed by atoms with Crippen LogP contribution < -0.4 is 16.7 Å². The van der Waals surface area contributed by atoms with Gasteiger partial charge in [0.2, 0.25) is 0 Å². The monoisotopic (exact) mass is 453 g/mol. The molecule has 2 rings (SSSR count). The Hall–Kier alpha value is -2.76. The highest BCUT2D eigenvalue weighted by Crippen LogP contribution is 2.30. The first-order chi connectivity index (χ1) is 13.4. The molecule has 0 aliphatic rings. The van der Waals surface area contributed by atoms with E-state index in [-0.39, 0.29) is 26.9 Å². The molecule has 2 N–H and O–H groups in total. The predicted molar refractivity (Wildman–Crippen MR) is 97.8 cm³/mol. The summed E-state index contributed by atoms with van der Waals surface area (Å²) in [6, 6.07) is 3.61. The molecule has 0 atom stereocenters. The van der Waals surface area contributed by atoms with E-state index in [1.54, 1.807) is 0 Å². The fourth-order valence-electron chi connectivity index (χ4n) is 2.45. The molecular weight excluding hydrogens is 442 g/mol. The minimum atomic E-state index is -4.92. The molecule has 0 spiro atoms. The van der Waals surface area contributed by atoms with Crippen LogP contribution in [-0.2, 0) is 22.9 Å². The molecule has 13 heteroatoms. The van der Waals surface area contributed by atoms with Crippen molar-refractivity contribution in [3.05, 3.63) is 66.5 Å². The fourth-order valence-corrected chi connectivity index (χ4v) is 2.92. The summed E-state index contributed by atoms with van der Waals surface area (Å²) in [7, 11) is 2.02. The van der Waals surface area contributed by atoms with Crippen LogP contribution in [0.25, 0.3) is 11.3 Å². The number of rotatable bonds is 5. The van der Waals surface area contributed by atoms with Gasteiger partial charge in [-0.3, -0.25) is 19.7 Å². The summed E-state index contributed by atoms with van der Waals surface area (Å²) in [6.45, 7) is 0. The Balaban J connectivity index is 2.81. The number of halogens is 5. The maximum atomic E-state index is 13.0. The first kappa shape index (κ1) is 22.5. The molecule has 1 heterocycles. The molecule has 0 fully saturated rings. The smallest absolute Gasteiger partial charge is 0.431 e. The van der Waals surface area contributed by atoms with Crippen LogP contribution in [0.1, 0.15) is 11.3 Å². The molecule has 0 radical (unpaired) electrons. The van der Waals surface area contributed by atoms with E-state index in [0.717, 1.165) is 19.2 Å². The lowest BCUT2D eigenvalue weighted by atomic mass is 10.1. The number of nitrogens with one attached hydrogen (secondary N) is 1. The SMILES string of the molecule is CONC(Cl)=C(C(=O)O)c1cc(-n2c(=O)cc(C(F)(F)F)n(C)c2=O)ccc1Cl. The van der Waals surface area contributed by atoms with Crippen molar-refractivity contribution in [2.75, 3.05) is 7.11 Å². The molecule has 8 nitrogen and oxygen atoms in total. The number of aliphatic carboxylic acids is 1. The molecule has 29 heavy (non-hydrogen) atoms. The van der Waals surface area contributed by atoms with Gasteiger partial charge < -0.3 is 5.11 Å². The zero-order valence-electron chi connectivity index (χ0n) is 14.7. The van der Waals surface area contributed by atoms with Crippen molar-refractivity contribution in [1.29, 1.82) is 0 Å². The van der Waals surface area contributed by atoms with Crippen molar-refractivity contribution >= 4 is 34.7 Å². The van der Waals surface area contributed by atoms with E-state index in [4.69, 9.17) is 23.2 Å². The van der Waals surface area contributed by atoms with E-state index in [2.05, 4.69) is 10.3 Å². The minimum absolute atomic E-state index is 0.112. The number of carboxylic acid groups (broad SMARTS) is 1. The largest absolute Gasteiger partial charge is 0.478 e. The fraction of sp³-hybridized carbons (Fsp3) is 0.188. The Morgan fingerprint density at radius 1 is 1.24 bits per heavy atom. The number of alkyl halides is 3. The number of nitrogens with zero attached hydrogens (tertiary/aromatic N) is 2. The maximum absolute atomic E-state index is 13.0. The van der Waals surface area contributed by atoms with Crippen LogP contribution in [0.5, 0.6) is 0 Å². The van der Waals surface area contributed by atoms with Crippen molar-refractivity contribution in [3.8, 4) is 5.69 Å². The Bertz CT molecular complexity index is 1120. The van der Waals surface area contributed by atoms with Gasteiger partial charge in [-0.25, -0.2) is 14.2 Å². The van der Waals surface area contributed by atoms with Crippen LogP contribution in [0, 0.1) is 0 Å². The zero-order valence-corrected chi connectivity index (χ0v) is 16.2. The van der Waals surface area contributed by atoms with E-state index in [1.807, 2.05) is 0 Å². The van der Waals surface area contributed by atoms with Gasteiger partial charge in [0.1, 0.15) is 16.4 Å². The van der Waals surface area contributed by atoms with Crippen LogP contribution >= 0.6 is 23.2 Å². The third kappa shape index (κ3) is 4.47. The summed E-state index contributed by atoms with van der Waals surface area (Å²) in [4.78, 5) is 40.8. The number of aromatic nitrogens is 2. The Morgan fingerprint density at radius 2 is 1.86 bits per heavy atom. The van der Waals surface area contributed by atoms with Crippen molar-refractivity contribution < 1.29 is 27.9 Å². The number of benzene rings is 1. The third-order valence-electron chi connectivity index (χ3n) is 3.71. The molecule has 0 saturated heterocycles. The lowest BCUT2D eigenvalue weighted by molar-refractivity contribution is -0.144. The summed E-state index contributed by atoms with van der Waals surface area (Å²) < 4.78 is 39.6. The highest BCUT2D eigenvalue weighted by molar-refractivity contribution is 6.40. The maximum Gasteiger partial charge on any atom is 0.431 e. The number of carboxylic acids is 1. The summed E-state index contributed by atoms with van der Waals surface area (Å²) in [5, 5.41) is 8.85. The number of carbonyl (C=O) groups is 1. The molecule has 0 bridgehead atoms. The van der Waals surface area contributed by atoms with Gasteiger partial charge in [0.25, 0.3) is 5.56 Å². The second-order valence-electron chi connectivity index (χ2n) is 5.51. The van der Waals surface area contributed by atoms with E-state index in [1.165, 1.54) is 13.2 Å². The molecule has 0 amide bonds. The quantitative estimate of drug-likeness (QED) is 0.409. The Morgan fingerprint density at radius 3 is 2.38 bits per heavy atom. The summed E-state index contributed by atoms with van der Waals surface area (Å²) in [6.07, 6.45) is -4.92. The van der Waals surface area contributed by atoms with Crippen molar-refractivity contribution in [2.24, 2.45) is 7.05 Å². The molecular formula is C16H12Cl2F3N3O5. The normalized spacial score (nSPS) is 12.5. The highest BCUT2D eigenvalue weighted by Gasteiger charge is 2.35. The Kier molecular flexibility index (Phi) is 6.46. The number of hydroxylamine groups is 1. The first-order valence-electron chi connectivity index (χ1n) is 7.52. The molecule has 0 aliphatic heterocycles. The minimum Gasteiger partial charge on any atom is -0.478 e. The van der Waals surface area contributed by atoms with Crippen LogP contribution in [-0.4, -0.2) is 27.3 Å². The molecule has 0 aliphatic carbocycles. The standard InChI is InChI=1S/C16H12Cl2F3N3O5/c1-23-10(16(19,20)21)6-11(25)24(15(23)28)7-3-4-9(17)8(5-7)12(14(26)27)13(18)22-29-2/h3-6,22H,1-2H3,(H,26,27). The summed E-state index contributed by atoms with van der Waals surface area (Å²) >= 11 is 11.9. The topological polar surface area (TPSA) is 103 Å². The summed E-state index contributed by atoms with van der Waals surface area (Å²) in [5.41, 5.74) is -2.86. The number of hydrogen-bond acceptors (Lipinski definition) is 5. The van der Waals surface area contributed by atoms with E-state index in [9.17, 15) is 32.7 Å². The molecule has 0 saturated carbocycles. The van der Waals surface area contributed by atoms with Gasteiger partial charge in [0, 0.05) is 23.7 Å². The molecule has 2 aromatic rings. The lowest BCUT2D eigenvalue weighted by Crippen LogP contribution is -2.40. The summed E-state index contributed by atoms with van der Waals surface area (Å²) in [5.74, 6) is -1.52. The van der Waals surface area contributed by atoms with E-state index < -0.39 is 39.8 Å². The van der Waals surface area contributed by atoms with Crippen LogP contribution in [0.3, 0.4) is 0 Å². The van der Waals surface area contributed by atoms with E-state index in [0.29, 0.717) is 4.57 Å². The third-order valence-corrected chi connectivity index (χ3v) is 4.31. The van der Waals surface area contributed by atoms with Gasteiger partial charge in [-0.15, -0.1) is 0 Å². The van der Waals surface area contributed by atoms with Crippen molar-refractivity contribution in [1.82, 2.24) is 14.6 Å². The predicted octanol–water partition coefficient (Wildman–Crippen LogP) is 2.35. The van der Waals surface area contributed by atoms with Gasteiger partial charge in [0.15, 0.2) is 0 Å². The highest BCUT2D eigenvalue weighted by atomic mass is 35.5. The van der Waals surface area contributed by atoms with Crippen molar-refractivity contribution in [3.63, 3.8) is 0 Å². The van der Waals surface area contributed by atoms with Gasteiger partial charge >= 0.3 is 17.8 Å². The average Bonchev–Trinajstić information content (AvgIpc) is 2.59. The van der Waals surface area contributed by atoms with E-state index >= 15 is 0 Å². The van der Waals surface area contributed by atoms with Gasteiger partial charge in [-0.2, -0.15) is 13.2 Å². The molecule has 1 aromatic heterocycles. The zero-order chi connectivity index (χ0) is 22.1. The first-order valence-corrected chi connectivity index (χ1v) is 8.28. The molecule has 1 aromatic carbocycles. The second-order valence-corrected chi connectivity index (χ2v) is 6.29. The van der Waals surface area contributed by atoms with Gasteiger partial charge in [-0.05, 0) is 18.2 Å².